The van der Waals surface area contributed by atoms with Crippen LogP contribution in [0.15, 0.2) is 47.1 Å². The van der Waals surface area contributed by atoms with Crippen LogP contribution in [0.25, 0.3) is 0 Å². The zero-order valence-electron chi connectivity index (χ0n) is 15.3. The lowest BCUT2D eigenvalue weighted by Gasteiger charge is -2.49. The Morgan fingerprint density at radius 3 is 2.81 bits per heavy atom. The summed E-state index contributed by atoms with van der Waals surface area (Å²) in [6.07, 6.45) is 2.54. The first-order chi connectivity index (χ1) is 12.5. The van der Waals surface area contributed by atoms with Crippen LogP contribution in [0, 0.1) is 0 Å². The molecule has 136 valence electrons. The lowest BCUT2D eigenvalue weighted by atomic mass is 9.75. The molecule has 1 unspecified atom stereocenters. The quantitative estimate of drug-likeness (QED) is 0.853. The molecule has 5 heteroatoms. The second-order valence-corrected chi connectivity index (χ2v) is 7.86. The van der Waals surface area contributed by atoms with Gasteiger partial charge >= 0.3 is 0 Å². The number of rotatable bonds is 3. The van der Waals surface area contributed by atoms with Crippen LogP contribution in [-0.4, -0.2) is 41.2 Å². The molecule has 1 saturated heterocycles. The van der Waals surface area contributed by atoms with E-state index in [1.54, 1.807) is 11.2 Å². The molecule has 1 atom stereocenters. The summed E-state index contributed by atoms with van der Waals surface area (Å²) in [6, 6.07) is 12.0. The zero-order valence-corrected chi connectivity index (χ0v) is 15.3. The van der Waals surface area contributed by atoms with Gasteiger partial charge in [0.1, 0.15) is 5.76 Å². The molecule has 0 radical (unpaired) electrons. The van der Waals surface area contributed by atoms with E-state index >= 15 is 0 Å². The van der Waals surface area contributed by atoms with Crippen LogP contribution in [0.3, 0.4) is 0 Å². The Bertz CT molecular complexity index is 826. The monoisotopic (exact) mass is 352 g/mol. The lowest BCUT2D eigenvalue weighted by molar-refractivity contribution is -0.150. The van der Waals surface area contributed by atoms with E-state index in [2.05, 4.69) is 26.0 Å². The number of carbonyl (C=O) groups is 2. The van der Waals surface area contributed by atoms with E-state index in [4.69, 9.17) is 4.42 Å². The van der Waals surface area contributed by atoms with Crippen molar-refractivity contribution in [3.63, 3.8) is 0 Å². The van der Waals surface area contributed by atoms with Gasteiger partial charge in [-0.1, -0.05) is 38.1 Å². The summed E-state index contributed by atoms with van der Waals surface area (Å²) in [6.45, 7) is 5.79. The molecule has 2 amide bonds. The van der Waals surface area contributed by atoms with Gasteiger partial charge in [-0.2, -0.15) is 0 Å². The largest absolute Gasteiger partial charge is 0.469 e. The normalized spacial score (nSPS) is 21.3. The fourth-order valence-corrected chi connectivity index (χ4v) is 4.21. The van der Waals surface area contributed by atoms with Crippen LogP contribution in [0.2, 0.25) is 0 Å². The smallest absolute Gasteiger partial charge is 0.242 e. The average molecular weight is 352 g/mol. The number of carbonyl (C=O) groups excluding carboxylic acids is 2. The van der Waals surface area contributed by atoms with E-state index < -0.39 is 0 Å². The number of amides is 2. The Labute approximate surface area is 153 Å². The molecule has 0 bridgehead atoms. The number of hydrogen-bond acceptors (Lipinski definition) is 3. The molecule has 3 heterocycles. The molecular weight excluding hydrogens is 328 g/mol. The molecule has 0 saturated carbocycles. The number of fused-ring (bicyclic) bond motifs is 3. The molecule has 4 rings (SSSR count). The summed E-state index contributed by atoms with van der Waals surface area (Å²) in [7, 11) is 0. The first kappa shape index (κ1) is 16.9. The number of piperazine rings is 1. The molecule has 1 fully saturated rings. The summed E-state index contributed by atoms with van der Waals surface area (Å²) in [4.78, 5) is 29.1. The van der Waals surface area contributed by atoms with Gasteiger partial charge < -0.3 is 14.2 Å². The zero-order chi connectivity index (χ0) is 18.3. The summed E-state index contributed by atoms with van der Waals surface area (Å²) in [5, 5.41) is 0. The fourth-order valence-electron chi connectivity index (χ4n) is 4.21. The molecule has 0 N–H and O–H groups in total. The van der Waals surface area contributed by atoms with E-state index in [9.17, 15) is 9.59 Å². The van der Waals surface area contributed by atoms with Crippen LogP contribution in [0.4, 0.5) is 0 Å². The predicted molar refractivity (Wildman–Crippen MR) is 97.5 cm³/mol. The molecule has 1 aromatic heterocycles. The van der Waals surface area contributed by atoms with Crippen LogP contribution < -0.4 is 0 Å². The first-order valence-corrected chi connectivity index (χ1v) is 9.15. The van der Waals surface area contributed by atoms with Crippen LogP contribution >= 0.6 is 0 Å². The molecule has 5 nitrogen and oxygen atoms in total. The van der Waals surface area contributed by atoms with Gasteiger partial charge in [0.05, 0.1) is 18.8 Å². The van der Waals surface area contributed by atoms with Gasteiger partial charge in [0.15, 0.2) is 0 Å². The Morgan fingerprint density at radius 1 is 1.23 bits per heavy atom. The first-order valence-electron chi connectivity index (χ1n) is 9.15. The highest BCUT2D eigenvalue weighted by Crippen LogP contribution is 2.41. The molecule has 0 spiro atoms. The number of nitrogens with zero attached hydrogens (tertiary/aromatic N) is 2. The van der Waals surface area contributed by atoms with E-state index in [1.165, 1.54) is 11.1 Å². The van der Waals surface area contributed by atoms with Crippen molar-refractivity contribution in [1.29, 1.82) is 0 Å². The number of furan rings is 1. The van der Waals surface area contributed by atoms with Crippen LogP contribution in [-0.2, 0) is 21.4 Å². The fraction of sp³-hybridized carbons (Fsp3) is 0.429. The van der Waals surface area contributed by atoms with Crippen molar-refractivity contribution in [3.8, 4) is 0 Å². The van der Waals surface area contributed by atoms with E-state index in [1.807, 2.05) is 29.2 Å². The SMILES string of the molecule is CC1(C)CN2C(=O)CN(C(=O)CCc3ccco3)CC2c2ccccc21. The van der Waals surface area contributed by atoms with Crippen molar-refractivity contribution in [2.24, 2.45) is 0 Å². The van der Waals surface area contributed by atoms with Gasteiger partial charge in [-0.25, -0.2) is 0 Å². The van der Waals surface area contributed by atoms with E-state index in [0.29, 0.717) is 25.9 Å². The molecule has 2 aliphatic rings. The highest BCUT2D eigenvalue weighted by Gasteiger charge is 2.43. The molecule has 0 aliphatic carbocycles. The highest BCUT2D eigenvalue weighted by atomic mass is 16.3. The summed E-state index contributed by atoms with van der Waals surface area (Å²) >= 11 is 0. The molecule has 2 aliphatic heterocycles. The van der Waals surface area contributed by atoms with Crippen LogP contribution in [0.1, 0.15) is 43.2 Å². The van der Waals surface area contributed by atoms with Crippen molar-refractivity contribution in [2.45, 2.75) is 38.1 Å². The minimum absolute atomic E-state index is 0.0108. The number of benzene rings is 1. The van der Waals surface area contributed by atoms with Gasteiger partial charge in [-0.3, -0.25) is 9.59 Å². The Hall–Kier alpha value is -2.56. The van der Waals surface area contributed by atoms with Gasteiger partial charge in [0.2, 0.25) is 11.8 Å². The van der Waals surface area contributed by atoms with Crippen molar-refractivity contribution in [2.75, 3.05) is 19.6 Å². The van der Waals surface area contributed by atoms with Crippen LogP contribution in [0.5, 0.6) is 0 Å². The van der Waals surface area contributed by atoms with Crippen molar-refractivity contribution in [3.05, 3.63) is 59.5 Å². The molecular formula is C21H24N2O3. The van der Waals surface area contributed by atoms with Crippen molar-refractivity contribution in [1.82, 2.24) is 9.80 Å². The summed E-state index contributed by atoms with van der Waals surface area (Å²) in [5.41, 5.74) is 2.37. The lowest BCUT2D eigenvalue weighted by Crippen LogP contribution is -2.58. The topological polar surface area (TPSA) is 53.8 Å². The Balaban J connectivity index is 1.55. The molecule has 1 aromatic carbocycles. The Kier molecular flexibility index (Phi) is 4.10. The maximum absolute atomic E-state index is 12.8. The van der Waals surface area contributed by atoms with Gasteiger partial charge in [-0.15, -0.1) is 0 Å². The standard InChI is InChI=1S/C21H24N2O3/c1-21(2)14-23-18(16-7-3-4-8-17(16)21)12-22(13-20(23)25)19(24)10-9-15-6-5-11-26-15/h3-8,11,18H,9-10,12-14H2,1-2H3. The number of hydrogen-bond donors (Lipinski definition) is 0. The second-order valence-electron chi connectivity index (χ2n) is 7.86. The highest BCUT2D eigenvalue weighted by molar-refractivity contribution is 5.87. The third-order valence-electron chi connectivity index (χ3n) is 5.55. The molecule has 26 heavy (non-hydrogen) atoms. The van der Waals surface area contributed by atoms with Crippen molar-refractivity contribution >= 4 is 11.8 Å². The minimum Gasteiger partial charge on any atom is -0.469 e. The molecule has 2 aromatic rings. The van der Waals surface area contributed by atoms with Gasteiger partial charge in [0, 0.05) is 31.3 Å². The maximum atomic E-state index is 12.8. The number of aryl methyl sites for hydroxylation is 1. The predicted octanol–water partition coefficient (Wildman–Crippen LogP) is 2.92. The maximum Gasteiger partial charge on any atom is 0.242 e. The summed E-state index contributed by atoms with van der Waals surface area (Å²) in [5.74, 6) is 0.847. The second kappa shape index (κ2) is 6.31. The van der Waals surface area contributed by atoms with E-state index in [0.717, 1.165) is 5.76 Å². The summed E-state index contributed by atoms with van der Waals surface area (Å²) < 4.78 is 5.30. The van der Waals surface area contributed by atoms with E-state index in [-0.39, 0.29) is 29.8 Å². The third kappa shape index (κ3) is 2.91. The van der Waals surface area contributed by atoms with Gasteiger partial charge in [-0.05, 0) is 23.3 Å². The Morgan fingerprint density at radius 2 is 2.04 bits per heavy atom. The van der Waals surface area contributed by atoms with Gasteiger partial charge in [0.25, 0.3) is 0 Å². The average Bonchev–Trinajstić information content (AvgIpc) is 3.14. The minimum atomic E-state index is -0.0752. The van der Waals surface area contributed by atoms with Crippen molar-refractivity contribution < 1.29 is 14.0 Å². The third-order valence-corrected chi connectivity index (χ3v) is 5.55.